The number of nitrogens with zero attached hydrogens (tertiary/aromatic N) is 1. The number of alkyl halides is 3. The Morgan fingerprint density at radius 3 is 2.52 bits per heavy atom. The fourth-order valence-corrected chi connectivity index (χ4v) is 3.36. The number of nitrogens with one attached hydrogen (secondary N) is 1. The van der Waals surface area contributed by atoms with E-state index in [1.54, 1.807) is 11.0 Å². The molecule has 3 rings (SSSR count). The SMILES string of the molecule is Cl.O=C(CCC1CCNC1)N(Cc1ccccc1C(F)(F)F)C1CC1. The van der Waals surface area contributed by atoms with Gasteiger partial charge in [-0.25, -0.2) is 0 Å². The van der Waals surface area contributed by atoms with Crippen molar-refractivity contribution in [1.29, 1.82) is 0 Å². The third-order valence-electron chi connectivity index (χ3n) is 4.90. The van der Waals surface area contributed by atoms with E-state index >= 15 is 0 Å². The van der Waals surface area contributed by atoms with Gasteiger partial charge in [0.15, 0.2) is 0 Å². The summed E-state index contributed by atoms with van der Waals surface area (Å²) in [6.07, 6.45) is -0.277. The molecule has 1 heterocycles. The third-order valence-corrected chi connectivity index (χ3v) is 4.90. The van der Waals surface area contributed by atoms with Crippen LogP contribution in [0.2, 0.25) is 0 Å². The van der Waals surface area contributed by atoms with Crippen LogP contribution >= 0.6 is 12.4 Å². The molecule has 7 heteroatoms. The number of amides is 1. The predicted octanol–water partition coefficient (Wildman–Crippen LogP) is 4.01. The van der Waals surface area contributed by atoms with Crippen molar-refractivity contribution in [3.05, 3.63) is 35.4 Å². The fourth-order valence-electron chi connectivity index (χ4n) is 3.36. The minimum atomic E-state index is -4.38. The molecule has 0 spiro atoms. The van der Waals surface area contributed by atoms with Crippen LogP contribution in [0.1, 0.15) is 43.2 Å². The maximum Gasteiger partial charge on any atom is 0.416 e. The largest absolute Gasteiger partial charge is 0.416 e. The number of benzene rings is 1. The molecule has 1 aliphatic carbocycles. The van der Waals surface area contributed by atoms with Crippen LogP contribution in [0.15, 0.2) is 24.3 Å². The first-order valence-corrected chi connectivity index (χ1v) is 8.60. The van der Waals surface area contributed by atoms with Gasteiger partial charge in [-0.1, -0.05) is 18.2 Å². The summed E-state index contributed by atoms with van der Waals surface area (Å²) in [5.74, 6) is 0.499. The van der Waals surface area contributed by atoms with Gasteiger partial charge in [0.25, 0.3) is 0 Å². The maximum absolute atomic E-state index is 13.2. The second-order valence-electron chi connectivity index (χ2n) is 6.81. The molecule has 25 heavy (non-hydrogen) atoms. The van der Waals surface area contributed by atoms with Gasteiger partial charge in [-0.05, 0) is 56.3 Å². The summed E-state index contributed by atoms with van der Waals surface area (Å²) < 4.78 is 39.5. The molecule has 1 unspecified atom stereocenters. The predicted molar refractivity (Wildman–Crippen MR) is 92.5 cm³/mol. The first-order chi connectivity index (χ1) is 11.4. The lowest BCUT2D eigenvalue weighted by atomic mass is 10.0. The standard InChI is InChI=1S/C18H23F3N2O.ClH/c19-18(20,21)16-4-2-1-3-14(16)12-23(15-6-7-15)17(24)8-5-13-9-10-22-11-13;/h1-4,13,15,22H,5-12H2;1H. The molecule has 1 amide bonds. The van der Waals surface area contributed by atoms with Crippen molar-refractivity contribution >= 4 is 18.3 Å². The molecular formula is C18H24ClF3N2O. The number of hydrogen-bond donors (Lipinski definition) is 1. The van der Waals surface area contributed by atoms with Crippen molar-refractivity contribution in [3.63, 3.8) is 0 Å². The molecule has 1 N–H and O–H groups in total. The van der Waals surface area contributed by atoms with Crippen LogP contribution in [0.25, 0.3) is 0 Å². The zero-order valence-electron chi connectivity index (χ0n) is 14.0. The van der Waals surface area contributed by atoms with Gasteiger partial charge in [0.2, 0.25) is 5.91 Å². The van der Waals surface area contributed by atoms with Gasteiger partial charge in [0.05, 0.1) is 5.56 Å². The summed E-state index contributed by atoms with van der Waals surface area (Å²) in [4.78, 5) is 14.2. The first kappa shape index (κ1) is 20.0. The number of rotatable bonds is 6. The van der Waals surface area contributed by atoms with Gasteiger partial charge in [0.1, 0.15) is 0 Å². The highest BCUT2D eigenvalue weighted by Gasteiger charge is 2.37. The summed E-state index contributed by atoms with van der Waals surface area (Å²) in [6.45, 7) is 1.99. The maximum atomic E-state index is 13.2. The van der Waals surface area contributed by atoms with E-state index in [9.17, 15) is 18.0 Å². The zero-order valence-corrected chi connectivity index (χ0v) is 14.8. The molecule has 2 fully saturated rings. The summed E-state index contributed by atoms with van der Waals surface area (Å²) in [7, 11) is 0. The molecule has 2 aliphatic rings. The smallest absolute Gasteiger partial charge is 0.335 e. The molecule has 1 atom stereocenters. The van der Waals surface area contributed by atoms with E-state index in [0.717, 1.165) is 44.8 Å². The van der Waals surface area contributed by atoms with Crippen molar-refractivity contribution in [2.24, 2.45) is 5.92 Å². The van der Waals surface area contributed by atoms with Crippen LogP contribution in [0, 0.1) is 5.92 Å². The molecule has 1 aromatic rings. The molecule has 1 aliphatic heterocycles. The van der Waals surface area contributed by atoms with Crippen LogP contribution in [-0.4, -0.2) is 29.9 Å². The molecule has 3 nitrogen and oxygen atoms in total. The normalized spacial score (nSPS) is 20.2. The lowest BCUT2D eigenvalue weighted by Gasteiger charge is -2.25. The Morgan fingerprint density at radius 2 is 1.92 bits per heavy atom. The van der Waals surface area contributed by atoms with E-state index in [2.05, 4.69) is 5.32 Å². The molecule has 140 valence electrons. The summed E-state index contributed by atoms with van der Waals surface area (Å²) in [5.41, 5.74) is -0.448. The van der Waals surface area contributed by atoms with E-state index in [4.69, 9.17) is 0 Å². The Bertz CT molecular complexity index is 584. The average molecular weight is 377 g/mol. The number of carbonyl (C=O) groups is 1. The van der Waals surface area contributed by atoms with Crippen LogP contribution in [0.3, 0.4) is 0 Å². The van der Waals surface area contributed by atoms with Crippen molar-refractivity contribution < 1.29 is 18.0 Å². The van der Waals surface area contributed by atoms with E-state index in [-0.39, 0.29) is 36.5 Å². The van der Waals surface area contributed by atoms with Crippen LogP contribution in [0.5, 0.6) is 0 Å². The topological polar surface area (TPSA) is 32.3 Å². The van der Waals surface area contributed by atoms with E-state index in [1.807, 2.05) is 0 Å². The average Bonchev–Trinajstić information content (AvgIpc) is 3.25. The molecule has 1 saturated heterocycles. The Labute approximate surface area is 152 Å². The Balaban J connectivity index is 0.00000225. The van der Waals surface area contributed by atoms with Crippen LogP contribution < -0.4 is 5.32 Å². The zero-order chi connectivity index (χ0) is 17.2. The molecule has 1 aromatic carbocycles. The Morgan fingerprint density at radius 1 is 1.20 bits per heavy atom. The van der Waals surface area contributed by atoms with Gasteiger partial charge in [-0.2, -0.15) is 13.2 Å². The third kappa shape index (κ3) is 5.35. The minimum absolute atomic E-state index is 0. The number of halogens is 4. The van der Waals surface area contributed by atoms with Gasteiger partial charge < -0.3 is 10.2 Å². The van der Waals surface area contributed by atoms with Gasteiger partial charge >= 0.3 is 6.18 Å². The molecular weight excluding hydrogens is 353 g/mol. The molecule has 0 bridgehead atoms. The van der Waals surface area contributed by atoms with Crippen LogP contribution in [0.4, 0.5) is 13.2 Å². The molecule has 0 aromatic heterocycles. The number of hydrogen-bond acceptors (Lipinski definition) is 2. The van der Waals surface area contributed by atoms with Crippen molar-refractivity contribution in [1.82, 2.24) is 10.2 Å². The highest BCUT2D eigenvalue weighted by Crippen LogP contribution is 2.35. The lowest BCUT2D eigenvalue weighted by Crippen LogP contribution is -2.33. The summed E-state index contributed by atoms with van der Waals surface area (Å²) >= 11 is 0. The fraction of sp³-hybridized carbons (Fsp3) is 0.611. The van der Waals surface area contributed by atoms with Crippen molar-refractivity contribution in [2.75, 3.05) is 13.1 Å². The van der Waals surface area contributed by atoms with Gasteiger partial charge in [0, 0.05) is 19.0 Å². The second-order valence-corrected chi connectivity index (χ2v) is 6.81. The molecule has 1 saturated carbocycles. The summed E-state index contributed by atoms with van der Waals surface area (Å²) in [6, 6.07) is 5.68. The minimum Gasteiger partial charge on any atom is -0.335 e. The van der Waals surface area contributed by atoms with Crippen molar-refractivity contribution in [2.45, 2.75) is 50.9 Å². The first-order valence-electron chi connectivity index (χ1n) is 8.60. The Hall–Kier alpha value is -1.27. The number of carbonyl (C=O) groups excluding carboxylic acids is 1. The molecule has 0 radical (unpaired) electrons. The highest BCUT2D eigenvalue weighted by molar-refractivity contribution is 5.85. The highest BCUT2D eigenvalue weighted by atomic mass is 35.5. The monoisotopic (exact) mass is 376 g/mol. The lowest BCUT2D eigenvalue weighted by molar-refractivity contribution is -0.140. The van der Waals surface area contributed by atoms with Gasteiger partial charge in [-0.3, -0.25) is 4.79 Å². The Kier molecular flexibility index (Phi) is 6.74. The quantitative estimate of drug-likeness (QED) is 0.813. The van der Waals surface area contributed by atoms with E-state index in [0.29, 0.717) is 12.3 Å². The van der Waals surface area contributed by atoms with Crippen LogP contribution in [-0.2, 0) is 17.5 Å². The van der Waals surface area contributed by atoms with E-state index in [1.165, 1.54) is 12.1 Å². The second kappa shape index (κ2) is 8.41. The van der Waals surface area contributed by atoms with E-state index < -0.39 is 11.7 Å². The van der Waals surface area contributed by atoms with Crippen molar-refractivity contribution in [3.8, 4) is 0 Å². The summed E-state index contributed by atoms with van der Waals surface area (Å²) in [5, 5.41) is 3.27. The van der Waals surface area contributed by atoms with Gasteiger partial charge in [-0.15, -0.1) is 12.4 Å².